The first-order valence-electron chi connectivity index (χ1n) is 13.0. The zero-order chi connectivity index (χ0) is 29.2. The molecule has 216 valence electrons. The Kier molecular flexibility index (Phi) is 10.8. The van der Waals surface area contributed by atoms with Gasteiger partial charge in [0.2, 0.25) is 11.8 Å². The number of rotatable bonds is 12. The number of carboxylic acid groups (broad SMARTS) is 1. The predicted octanol–water partition coefficient (Wildman–Crippen LogP) is 4.22. The molecule has 2 heterocycles. The summed E-state index contributed by atoms with van der Waals surface area (Å²) in [7, 11) is 0. The van der Waals surface area contributed by atoms with Gasteiger partial charge in [0.05, 0.1) is 24.4 Å². The van der Waals surface area contributed by atoms with Crippen LogP contribution in [0.1, 0.15) is 65.1 Å². The number of carbonyl (C=O) groups excluding carboxylic acids is 2. The number of amides is 2. The van der Waals surface area contributed by atoms with Crippen LogP contribution >= 0.6 is 11.8 Å². The molecule has 3 atom stereocenters. The van der Waals surface area contributed by atoms with Gasteiger partial charge < -0.3 is 25.0 Å². The van der Waals surface area contributed by atoms with Crippen LogP contribution in [0, 0.1) is 0 Å². The first kappa shape index (κ1) is 30.2. The average molecular weight is 582 g/mol. The van der Waals surface area contributed by atoms with Crippen molar-refractivity contribution in [1.29, 1.82) is 0 Å². The lowest BCUT2D eigenvalue weighted by Gasteiger charge is -2.36. The van der Waals surface area contributed by atoms with Gasteiger partial charge >= 0.3 is 5.97 Å². The zero-order valence-electron chi connectivity index (χ0n) is 22.1. The summed E-state index contributed by atoms with van der Waals surface area (Å²) in [6.07, 6.45) is 1.22. The van der Waals surface area contributed by atoms with E-state index in [1.54, 1.807) is 36.5 Å². The highest BCUT2D eigenvalue weighted by Crippen LogP contribution is 2.39. The number of nitrogens with zero attached hydrogens (tertiary/aromatic N) is 1. The van der Waals surface area contributed by atoms with Crippen molar-refractivity contribution in [1.82, 2.24) is 10.5 Å². The third-order valence-corrected chi connectivity index (χ3v) is 7.56. The number of benzene rings is 2. The van der Waals surface area contributed by atoms with E-state index in [0.717, 1.165) is 16.7 Å². The smallest absolute Gasteiger partial charge is 0.338 e. The summed E-state index contributed by atoms with van der Waals surface area (Å²) in [6.45, 7) is -0.0618. The highest BCUT2D eigenvalue weighted by atomic mass is 32.2. The maximum absolute atomic E-state index is 12.2. The quantitative estimate of drug-likeness (QED) is 0.119. The Morgan fingerprint density at radius 2 is 1.66 bits per heavy atom. The zero-order valence-corrected chi connectivity index (χ0v) is 22.9. The third kappa shape index (κ3) is 8.59. The van der Waals surface area contributed by atoms with Crippen molar-refractivity contribution < 1.29 is 39.3 Å². The van der Waals surface area contributed by atoms with Gasteiger partial charge in [0.25, 0.3) is 0 Å². The van der Waals surface area contributed by atoms with E-state index in [2.05, 4.69) is 10.3 Å². The van der Waals surface area contributed by atoms with Crippen molar-refractivity contribution in [3.63, 3.8) is 0 Å². The molecule has 0 radical (unpaired) electrons. The summed E-state index contributed by atoms with van der Waals surface area (Å²) in [5.41, 5.74) is 4.69. The molecule has 1 aliphatic heterocycles. The van der Waals surface area contributed by atoms with Crippen LogP contribution in [0.15, 0.2) is 71.9 Å². The van der Waals surface area contributed by atoms with Crippen molar-refractivity contribution >= 4 is 35.2 Å². The van der Waals surface area contributed by atoms with Gasteiger partial charge in [0, 0.05) is 42.5 Å². The summed E-state index contributed by atoms with van der Waals surface area (Å²) in [5, 5.41) is 30.6. The van der Waals surface area contributed by atoms with Gasteiger partial charge in [-0.25, -0.2) is 15.3 Å². The minimum atomic E-state index is -1.05. The summed E-state index contributed by atoms with van der Waals surface area (Å²) >= 11 is 1.31. The van der Waals surface area contributed by atoms with Gasteiger partial charge in [-0.15, -0.1) is 11.8 Å². The molecule has 41 heavy (non-hydrogen) atoms. The van der Waals surface area contributed by atoms with Crippen LogP contribution in [0.4, 0.5) is 5.69 Å². The first-order valence-corrected chi connectivity index (χ1v) is 14.0. The van der Waals surface area contributed by atoms with Gasteiger partial charge in [-0.3, -0.25) is 14.8 Å². The van der Waals surface area contributed by atoms with Crippen LogP contribution in [0.25, 0.3) is 0 Å². The molecule has 0 saturated carbocycles. The summed E-state index contributed by atoms with van der Waals surface area (Å²) < 4.78 is 12.6. The number of nitrogens with one attached hydrogen (secondary N) is 2. The Hall–Kier alpha value is -3.81. The van der Waals surface area contributed by atoms with Crippen molar-refractivity contribution in [2.75, 3.05) is 11.1 Å². The summed E-state index contributed by atoms with van der Waals surface area (Å²) in [5.74, 6) is -1.40. The fourth-order valence-corrected chi connectivity index (χ4v) is 5.28. The van der Waals surface area contributed by atoms with Crippen LogP contribution in [-0.4, -0.2) is 50.0 Å². The van der Waals surface area contributed by atoms with Gasteiger partial charge in [-0.05, 0) is 41.8 Å². The van der Waals surface area contributed by atoms with Crippen LogP contribution in [0.5, 0.6) is 0 Å². The molecule has 4 rings (SSSR count). The summed E-state index contributed by atoms with van der Waals surface area (Å²) in [4.78, 5) is 39.1. The van der Waals surface area contributed by atoms with E-state index in [0.29, 0.717) is 29.3 Å². The number of thioether (sulfide) groups is 1. The molecule has 5 N–H and O–H groups in total. The lowest BCUT2D eigenvalue weighted by Crippen LogP contribution is -2.31. The minimum Gasteiger partial charge on any atom is -0.478 e. The Balaban J connectivity index is 1.45. The molecule has 0 bridgehead atoms. The van der Waals surface area contributed by atoms with Gasteiger partial charge in [-0.1, -0.05) is 36.4 Å². The van der Waals surface area contributed by atoms with Crippen LogP contribution in [0.2, 0.25) is 0 Å². The molecule has 3 unspecified atom stereocenters. The number of pyridine rings is 1. The molecule has 1 fully saturated rings. The van der Waals surface area contributed by atoms with E-state index >= 15 is 0 Å². The monoisotopic (exact) mass is 581 g/mol. The number of aromatic carboxylic acids is 1. The van der Waals surface area contributed by atoms with Crippen LogP contribution in [-0.2, 0) is 25.7 Å². The Bertz CT molecular complexity index is 1340. The van der Waals surface area contributed by atoms with E-state index < -0.39 is 18.2 Å². The first-order chi connectivity index (χ1) is 19.9. The molecule has 1 aliphatic rings. The van der Waals surface area contributed by atoms with Crippen molar-refractivity contribution in [2.24, 2.45) is 0 Å². The van der Waals surface area contributed by atoms with Crippen LogP contribution < -0.4 is 10.8 Å². The topological polar surface area (TPSA) is 167 Å². The van der Waals surface area contributed by atoms with E-state index in [9.17, 15) is 24.6 Å². The lowest BCUT2D eigenvalue weighted by molar-refractivity contribution is -0.245. The number of ether oxygens (including phenoxy) is 2. The second-order valence-electron chi connectivity index (χ2n) is 9.38. The van der Waals surface area contributed by atoms with E-state index in [4.69, 9.17) is 14.7 Å². The SMILES string of the molecule is O=C(CCCC(=O)Nc1ccc(C2OC(CSc3ncccc3C(=O)O)CC(c3ccc(CO)cc3)O2)cc1)NO. The largest absolute Gasteiger partial charge is 0.478 e. The fourth-order valence-electron chi connectivity index (χ4n) is 4.28. The van der Waals surface area contributed by atoms with Crippen molar-refractivity contribution in [3.8, 4) is 0 Å². The summed E-state index contributed by atoms with van der Waals surface area (Å²) in [6, 6.07) is 17.7. The standard InChI is InChI=1S/C29H31N3O8S/c33-16-18-6-8-19(9-7-18)24-15-22(17-41-27-23(28(36)37)3-2-14-30-27)39-29(40-24)20-10-12-21(13-11-20)31-25(34)4-1-5-26(35)32-38/h2-3,6-14,22,24,29,33,38H,1,4-5,15-17H2,(H,31,34)(H,32,35)(H,36,37). The van der Waals surface area contributed by atoms with Gasteiger partial charge in [0.1, 0.15) is 5.03 Å². The number of hydrogen-bond donors (Lipinski definition) is 5. The number of carboxylic acids is 1. The van der Waals surface area contributed by atoms with Crippen LogP contribution in [0.3, 0.4) is 0 Å². The minimum absolute atomic E-state index is 0.0422. The van der Waals surface area contributed by atoms with E-state index in [1.165, 1.54) is 23.3 Å². The Morgan fingerprint density at radius 3 is 2.34 bits per heavy atom. The number of hydroxylamine groups is 1. The maximum atomic E-state index is 12.2. The molecule has 11 nitrogen and oxygen atoms in total. The normalized spacial score (nSPS) is 18.4. The third-order valence-electron chi connectivity index (χ3n) is 6.42. The molecule has 1 saturated heterocycles. The van der Waals surface area contributed by atoms with E-state index in [-0.39, 0.29) is 43.1 Å². The molecule has 0 spiro atoms. The number of hydrogen-bond acceptors (Lipinski definition) is 9. The van der Waals surface area contributed by atoms with E-state index in [1.807, 2.05) is 24.3 Å². The highest BCUT2D eigenvalue weighted by Gasteiger charge is 2.32. The highest BCUT2D eigenvalue weighted by molar-refractivity contribution is 7.99. The second kappa shape index (κ2) is 14.7. The number of aromatic nitrogens is 1. The molecule has 2 amide bonds. The Morgan fingerprint density at radius 1 is 0.951 bits per heavy atom. The number of aliphatic hydroxyl groups is 1. The molecule has 12 heteroatoms. The fraction of sp³-hybridized carbons (Fsp3) is 0.310. The van der Waals surface area contributed by atoms with Gasteiger partial charge in [0.15, 0.2) is 6.29 Å². The average Bonchev–Trinajstić information content (AvgIpc) is 3.00. The predicted molar refractivity (Wildman–Crippen MR) is 149 cm³/mol. The molecule has 1 aromatic heterocycles. The second-order valence-corrected chi connectivity index (χ2v) is 10.4. The molecule has 0 aliphatic carbocycles. The molecular weight excluding hydrogens is 550 g/mol. The number of aliphatic hydroxyl groups excluding tert-OH is 1. The number of anilines is 1. The lowest BCUT2D eigenvalue weighted by atomic mass is 10.0. The Labute approximate surface area is 240 Å². The molecule has 3 aromatic rings. The van der Waals surface area contributed by atoms with Crippen molar-refractivity contribution in [3.05, 3.63) is 89.1 Å². The van der Waals surface area contributed by atoms with Gasteiger partial charge in [-0.2, -0.15) is 0 Å². The molecular formula is C29H31N3O8S. The van der Waals surface area contributed by atoms with Crippen molar-refractivity contribution in [2.45, 2.75) is 55.8 Å². The number of carbonyl (C=O) groups is 3. The maximum Gasteiger partial charge on any atom is 0.338 e. The molecule has 2 aromatic carbocycles.